The van der Waals surface area contributed by atoms with Crippen molar-refractivity contribution >= 4 is 15.9 Å². The van der Waals surface area contributed by atoms with Crippen LogP contribution in [-0.4, -0.2) is 38.4 Å². The summed E-state index contributed by atoms with van der Waals surface area (Å²) in [4.78, 5) is 15.6. The zero-order valence-electron chi connectivity index (χ0n) is 11.7. The standard InChI is InChI=1S/C13H20N4O3S/c14-8-12(10-3-4-10)17-13(18)5-7-16-21(19,20)11-2-1-6-15-9-11/h1-2,6,9-10,12,16H,3-5,7-8,14H2,(H,17,18). The van der Waals surface area contributed by atoms with Crippen molar-refractivity contribution in [1.29, 1.82) is 0 Å². The largest absolute Gasteiger partial charge is 0.352 e. The zero-order chi connectivity index (χ0) is 15.3. The Kier molecular flexibility index (Phi) is 5.27. The fraction of sp³-hybridized carbons (Fsp3) is 0.538. The van der Waals surface area contributed by atoms with Gasteiger partial charge in [-0.25, -0.2) is 13.1 Å². The number of hydrogen-bond acceptors (Lipinski definition) is 5. The highest BCUT2D eigenvalue weighted by atomic mass is 32.2. The van der Waals surface area contributed by atoms with Crippen LogP contribution in [-0.2, 0) is 14.8 Å². The third-order valence-electron chi connectivity index (χ3n) is 3.38. The molecule has 0 spiro atoms. The zero-order valence-corrected chi connectivity index (χ0v) is 12.5. The second kappa shape index (κ2) is 6.97. The van der Waals surface area contributed by atoms with E-state index in [2.05, 4.69) is 15.0 Å². The highest BCUT2D eigenvalue weighted by Gasteiger charge is 2.31. The molecule has 1 aromatic heterocycles. The maximum absolute atomic E-state index is 11.9. The van der Waals surface area contributed by atoms with E-state index < -0.39 is 10.0 Å². The van der Waals surface area contributed by atoms with Crippen LogP contribution in [0.4, 0.5) is 0 Å². The van der Waals surface area contributed by atoms with Crippen LogP contribution >= 0.6 is 0 Å². The van der Waals surface area contributed by atoms with Gasteiger partial charge in [0.2, 0.25) is 15.9 Å². The minimum absolute atomic E-state index is 0.00688. The molecule has 0 saturated heterocycles. The molecule has 1 aromatic rings. The molecule has 0 aromatic carbocycles. The first-order valence-corrected chi connectivity index (χ1v) is 8.40. The number of sulfonamides is 1. The Morgan fingerprint density at radius 1 is 1.48 bits per heavy atom. The fourth-order valence-corrected chi connectivity index (χ4v) is 3.03. The molecule has 0 aliphatic heterocycles. The number of nitrogens with one attached hydrogen (secondary N) is 2. The maximum atomic E-state index is 11.9. The molecule has 1 unspecified atom stereocenters. The first kappa shape index (κ1) is 15.9. The predicted molar refractivity (Wildman–Crippen MR) is 77.8 cm³/mol. The van der Waals surface area contributed by atoms with Gasteiger partial charge in [0.15, 0.2) is 0 Å². The Labute approximate surface area is 124 Å². The smallest absolute Gasteiger partial charge is 0.242 e. The number of rotatable bonds is 8. The lowest BCUT2D eigenvalue weighted by atomic mass is 10.2. The molecule has 1 aliphatic rings. The van der Waals surface area contributed by atoms with E-state index in [9.17, 15) is 13.2 Å². The number of pyridine rings is 1. The van der Waals surface area contributed by atoms with E-state index in [1.807, 2.05) is 0 Å². The maximum Gasteiger partial charge on any atom is 0.242 e. The van der Waals surface area contributed by atoms with Gasteiger partial charge in [-0.05, 0) is 30.9 Å². The van der Waals surface area contributed by atoms with Crippen molar-refractivity contribution < 1.29 is 13.2 Å². The number of nitrogens with zero attached hydrogens (tertiary/aromatic N) is 1. The van der Waals surface area contributed by atoms with Crippen molar-refractivity contribution in [3.63, 3.8) is 0 Å². The summed E-state index contributed by atoms with van der Waals surface area (Å²) in [6.07, 6.45) is 5.03. The van der Waals surface area contributed by atoms with E-state index >= 15 is 0 Å². The first-order chi connectivity index (χ1) is 10.0. The molecule has 1 amide bonds. The molecular formula is C13H20N4O3S. The van der Waals surface area contributed by atoms with Gasteiger partial charge in [0.05, 0.1) is 0 Å². The minimum Gasteiger partial charge on any atom is -0.352 e. The molecule has 7 nitrogen and oxygen atoms in total. The van der Waals surface area contributed by atoms with Crippen LogP contribution in [0.15, 0.2) is 29.4 Å². The molecule has 21 heavy (non-hydrogen) atoms. The van der Waals surface area contributed by atoms with E-state index in [1.165, 1.54) is 18.5 Å². The Morgan fingerprint density at radius 3 is 2.81 bits per heavy atom. The number of carbonyl (C=O) groups is 1. The van der Waals surface area contributed by atoms with Gasteiger partial charge < -0.3 is 11.1 Å². The SMILES string of the molecule is NCC(NC(=O)CCNS(=O)(=O)c1cccnc1)C1CC1. The topological polar surface area (TPSA) is 114 Å². The first-order valence-electron chi connectivity index (χ1n) is 6.92. The summed E-state index contributed by atoms with van der Waals surface area (Å²) in [7, 11) is -3.61. The average Bonchev–Trinajstić information content (AvgIpc) is 3.30. The van der Waals surface area contributed by atoms with Crippen molar-refractivity contribution in [1.82, 2.24) is 15.0 Å². The summed E-state index contributed by atoms with van der Waals surface area (Å²) < 4.78 is 26.2. The minimum atomic E-state index is -3.61. The van der Waals surface area contributed by atoms with Crippen LogP contribution in [0, 0.1) is 5.92 Å². The third kappa shape index (κ3) is 4.76. The van der Waals surface area contributed by atoms with E-state index in [4.69, 9.17) is 5.73 Å². The third-order valence-corrected chi connectivity index (χ3v) is 4.83. The van der Waals surface area contributed by atoms with Gasteiger partial charge in [-0.3, -0.25) is 9.78 Å². The van der Waals surface area contributed by atoms with E-state index in [-0.39, 0.29) is 29.8 Å². The predicted octanol–water partition coefficient (Wildman–Crippen LogP) is -0.396. The Hall–Kier alpha value is -1.51. The lowest BCUT2D eigenvalue weighted by Gasteiger charge is -2.16. The molecular weight excluding hydrogens is 292 g/mol. The molecule has 1 saturated carbocycles. The van der Waals surface area contributed by atoms with Gasteiger partial charge in [-0.1, -0.05) is 0 Å². The molecule has 0 radical (unpaired) electrons. The van der Waals surface area contributed by atoms with Crippen molar-refractivity contribution in [3.05, 3.63) is 24.5 Å². The molecule has 1 heterocycles. The Balaban J connectivity index is 1.77. The summed E-state index contributed by atoms with van der Waals surface area (Å²) in [5, 5.41) is 2.84. The summed E-state index contributed by atoms with van der Waals surface area (Å²) >= 11 is 0. The van der Waals surface area contributed by atoms with Crippen molar-refractivity contribution in [2.24, 2.45) is 11.7 Å². The van der Waals surface area contributed by atoms with Crippen molar-refractivity contribution in [2.75, 3.05) is 13.1 Å². The van der Waals surface area contributed by atoms with Gasteiger partial charge in [0, 0.05) is 37.9 Å². The number of hydrogen-bond donors (Lipinski definition) is 3. The molecule has 2 rings (SSSR count). The summed E-state index contributed by atoms with van der Waals surface area (Å²) in [6, 6.07) is 3.00. The van der Waals surface area contributed by atoms with E-state index in [0.29, 0.717) is 12.5 Å². The summed E-state index contributed by atoms with van der Waals surface area (Å²) in [5.74, 6) is 0.289. The summed E-state index contributed by atoms with van der Waals surface area (Å²) in [6.45, 7) is 0.461. The monoisotopic (exact) mass is 312 g/mol. The highest BCUT2D eigenvalue weighted by Crippen LogP contribution is 2.32. The molecule has 1 aliphatic carbocycles. The van der Waals surface area contributed by atoms with E-state index in [1.54, 1.807) is 6.07 Å². The van der Waals surface area contributed by atoms with Crippen LogP contribution in [0.1, 0.15) is 19.3 Å². The quantitative estimate of drug-likeness (QED) is 0.604. The molecule has 1 fully saturated rings. The van der Waals surface area contributed by atoms with Gasteiger partial charge >= 0.3 is 0 Å². The molecule has 8 heteroatoms. The van der Waals surface area contributed by atoms with Crippen LogP contribution in [0.2, 0.25) is 0 Å². The van der Waals surface area contributed by atoms with Crippen LogP contribution < -0.4 is 15.8 Å². The number of aromatic nitrogens is 1. The number of amides is 1. The fourth-order valence-electron chi connectivity index (χ4n) is 2.04. The van der Waals surface area contributed by atoms with Gasteiger partial charge in [-0.15, -0.1) is 0 Å². The van der Waals surface area contributed by atoms with Crippen molar-refractivity contribution in [2.45, 2.75) is 30.2 Å². The lowest BCUT2D eigenvalue weighted by Crippen LogP contribution is -2.42. The van der Waals surface area contributed by atoms with Gasteiger partial charge in [-0.2, -0.15) is 0 Å². The highest BCUT2D eigenvalue weighted by molar-refractivity contribution is 7.89. The Bertz CT molecular complexity index is 572. The lowest BCUT2D eigenvalue weighted by molar-refractivity contribution is -0.121. The van der Waals surface area contributed by atoms with Gasteiger partial charge in [0.1, 0.15) is 4.90 Å². The molecule has 0 bridgehead atoms. The van der Waals surface area contributed by atoms with Crippen LogP contribution in [0.25, 0.3) is 0 Å². The molecule has 116 valence electrons. The normalized spacial score (nSPS) is 16.4. The average molecular weight is 312 g/mol. The number of carbonyl (C=O) groups excluding carboxylic acids is 1. The van der Waals surface area contributed by atoms with Crippen LogP contribution in [0.5, 0.6) is 0 Å². The van der Waals surface area contributed by atoms with Crippen LogP contribution in [0.3, 0.4) is 0 Å². The molecule has 4 N–H and O–H groups in total. The molecule has 1 atom stereocenters. The number of nitrogens with two attached hydrogens (primary N) is 1. The second-order valence-corrected chi connectivity index (χ2v) is 6.85. The van der Waals surface area contributed by atoms with E-state index in [0.717, 1.165) is 12.8 Å². The van der Waals surface area contributed by atoms with Gasteiger partial charge in [0.25, 0.3) is 0 Å². The van der Waals surface area contributed by atoms with Crippen molar-refractivity contribution in [3.8, 4) is 0 Å². The summed E-state index contributed by atoms with van der Waals surface area (Å²) in [5.41, 5.74) is 5.60. The second-order valence-electron chi connectivity index (χ2n) is 5.08. The Morgan fingerprint density at radius 2 is 2.24 bits per heavy atom.